The smallest absolute Gasteiger partial charge is 0.314 e. The number of carbonyl (C=O) groups is 1. The normalized spacial score (nSPS) is 11.8. The molecule has 2 aromatic heterocycles. The topological polar surface area (TPSA) is 135 Å². The van der Waals surface area contributed by atoms with E-state index in [0.717, 1.165) is 60.3 Å². The molecular weight excluding hydrogens is 552 g/mol. The second kappa shape index (κ2) is 17.0. The lowest BCUT2D eigenvalue weighted by Crippen LogP contribution is -2.37. The summed E-state index contributed by atoms with van der Waals surface area (Å²) in [7, 11) is 2.14. The van der Waals surface area contributed by atoms with Gasteiger partial charge in [0.15, 0.2) is 5.96 Å². The summed E-state index contributed by atoms with van der Waals surface area (Å²) in [4.78, 5) is 27.3. The number of carbonyl (C=O) groups excluding carboxylic acids is 1. The van der Waals surface area contributed by atoms with Crippen LogP contribution in [0, 0.1) is 0 Å². The number of aliphatic imine (C=N–C) groups is 1. The van der Waals surface area contributed by atoms with Crippen LogP contribution in [0.1, 0.15) is 42.1 Å². The SMILES string of the molecule is CN(CCCCNC(=O)NCCSCc1csc(N=C(N)N)n1)CCC(c1ccc(Cl)cc1)c1ccccn1. The van der Waals surface area contributed by atoms with Crippen molar-refractivity contribution in [3.63, 3.8) is 0 Å². The summed E-state index contributed by atoms with van der Waals surface area (Å²) in [5, 5.41) is 9.07. The number of nitrogens with zero attached hydrogens (tertiary/aromatic N) is 4. The van der Waals surface area contributed by atoms with Gasteiger partial charge in [-0.15, -0.1) is 11.3 Å². The van der Waals surface area contributed by atoms with Gasteiger partial charge in [0.2, 0.25) is 5.13 Å². The fourth-order valence-electron chi connectivity index (χ4n) is 3.93. The van der Waals surface area contributed by atoms with E-state index in [-0.39, 0.29) is 17.9 Å². The molecule has 39 heavy (non-hydrogen) atoms. The summed E-state index contributed by atoms with van der Waals surface area (Å²) in [6.45, 7) is 3.17. The minimum atomic E-state index is -0.131. The number of halogens is 1. The highest BCUT2D eigenvalue weighted by Crippen LogP contribution is 2.28. The molecule has 0 aliphatic rings. The van der Waals surface area contributed by atoms with Crippen molar-refractivity contribution in [3.8, 4) is 0 Å². The number of rotatable bonds is 16. The van der Waals surface area contributed by atoms with Gasteiger partial charge in [-0.2, -0.15) is 16.8 Å². The maximum atomic E-state index is 12.0. The molecule has 0 aliphatic carbocycles. The molecule has 0 fully saturated rings. The third kappa shape index (κ3) is 11.8. The van der Waals surface area contributed by atoms with E-state index in [1.54, 1.807) is 11.8 Å². The number of pyridine rings is 1. The lowest BCUT2D eigenvalue weighted by Gasteiger charge is -2.22. The third-order valence-corrected chi connectivity index (χ3v) is 7.94. The average molecular weight is 589 g/mol. The summed E-state index contributed by atoms with van der Waals surface area (Å²) >= 11 is 9.19. The van der Waals surface area contributed by atoms with Gasteiger partial charge in [0, 0.05) is 52.8 Å². The fraction of sp³-hybridized carbons (Fsp3) is 0.407. The van der Waals surface area contributed by atoms with E-state index < -0.39 is 0 Å². The Kier molecular flexibility index (Phi) is 13.3. The van der Waals surface area contributed by atoms with Gasteiger partial charge in [0.25, 0.3) is 0 Å². The average Bonchev–Trinajstić information content (AvgIpc) is 3.36. The Morgan fingerprint density at radius 3 is 2.67 bits per heavy atom. The van der Waals surface area contributed by atoms with Crippen LogP contribution in [0.5, 0.6) is 0 Å². The van der Waals surface area contributed by atoms with E-state index >= 15 is 0 Å². The van der Waals surface area contributed by atoms with E-state index in [1.165, 1.54) is 16.9 Å². The predicted octanol–water partition coefficient (Wildman–Crippen LogP) is 4.56. The molecule has 9 nitrogen and oxygen atoms in total. The van der Waals surface area contributed by atoms with Crippen LogP contribution in [-0.2, 0) is 5.75 Å². The molecule has 0 radical (unpaired) electrons. The van der Waals surface area contributed by atoms with Crippen molar-refractivity contribution in [1.29, 1.82) is 0 Å². The van der Waals surface area contributed by atoms with Crippen LogP contribution < -0.4 is 22.1 Å². The van der Waals surface area contributed by atoms with Gasteiger partial charge in [0.05, 0.1) is 5.69 Å². The van der Waals surface area contributed by atoms with Gasteiger partial charge >= 0.3 is 6.03 Å². The van der Waals surface area contributed by atoms with E-state index in [0.29, 0.717) is 18.2 Å². The zero-order valence-corrected chi connectivity index (χ0v) is 24.6. The van der Waals surface area contributed by atoms with Crippen molar-refractivity contribution in [2.45, 2.75) is 30.9 Å². The molecule has 3 aromatic rings. The number of hydrogen-bond donors (Lipinski definition) is 4. The minimum absolute atomic E-state index is 0.00534. The van der Waals surface area contributed by atoms with E-state index in [4.69, 9.17) is 23.1 Å². The number of nitrogens with one attached hydrogen (secondary N) is 2. The lowest BCUT2D eigenvalue weighted by atomic mass is 9.92. The summed E-state index contributed by atoms with van der Waals surface area (Å²) in [5.41, 5.74) is 14.0. The second-order valence-electron chi connectivity index (χ2n) is 9.05. The first-order valence-electron chi connectivity index (χ1n) is 12.9. The minimum Gasteiger partial charge on any atom is -0.370 e. The Bertz CT molecular complexity index is 1160. The fourth-order valence-corrected chi connectivity index (χ4v) is 5.62. The first-order chi connectivity index (χ1) is 18.9. The summed E-state index contributed by atoms with van der Waals surface area (Å²) < 4.78 is 0. The zero-order chi connectivity index (χ0) is 27.9. The van der Waals surface area contributed by atoms with Crippen LogP contribution in [0.25, 0.3) is 0 Å². The van der Waals surface area contributed by atoms with E-state index in [1.807, 2.05) is 35.8 Å². The molecule has 12 heteroatoms. The number of amides is 2. The van der Waals surface area contributed by atoms with Crippen LogP contribution in [0.4, 0.5) is 9.93 Å². The third-order valence-electron chi connectivity index (χ3n) is 5.92. The van der Waals surface area contributed by atoms with E-state index in [9.17, 15) is 4.79 Å². The molecule has 0 aliphatic heterocycles. The molecule has 1 aromatic carbocycles. The molecule has 2 amide bonds. The molecule has 0 bridgehead atoms. The standard InChI is InChI=1S/C27H37ClN8OS2/c1-36(16-11-23(24-6-2-3-12-31-24)20-7-9-21(28)10-8-20)15-5-4-13-32-26(37)33-14-17-38-18-22-19-39-27(34-22)35-25(29)30/h2-3,6-10,12,19,23H,4-5,11,13-18H2,1H3,(H2,32,33,37)(H4,29,30,34,35). The maximum Gasteiger partial charge on any atom is 0.314 e. The van der Waals surface area contributed by atoms with Gasteiger partial charge in [-0.25, -0.2) is 9.78 Å². The molecule has 6 N–H and O–H groups in total. The largest absolute Gasteiger partial charge is 0.370 e. The Labute approximate surface area is 243 Å². The Hall–Kier alpha value is -2.86. The van der Waals surface area contributed by atoms with Crippen LogP contribution in [0.3, 0.4) is 0 Å². The van der Waals surface area contributed by atoms with Gasteiger partial charge in [-0.3, -0.25) is 4.98 Å². The van der Waals surface area contributed by atoms with Crippen molar-refractivity contribution in [2.75, 3.05) is 39.0 Å². The van der Waals surface area contributed by atoms with Gasteiger partial charge < -0.3 is 27.0 Å². The molecule has 0 saturated heterocycles. The molecule has 0 spiro atoms. The van der Waals surface area contributed by atoms with Gasteiger partial charge in [0.1, 0.15) is 0 Å². The van der Waals surface area contributed by atoms with Crippen LogP contribution in [0.2, 0.25) is 5.02 Å². The quantitative estimate of drug-likeness (QED) is 0.109. The number of nitrogens with two attached hydrogens (primary N) is 2. The highest BCUT2D eigenvalue weighted by molar-refractivity contribution is 7.98. The van der Waals surface area contributed by atoms with Crippen LogP contribution >= 0.6 is 34.7 Å². The highest BCUT2D eigenvalue weighted by atomic mass is 35.5. The number of aromatic nitrogens is 2. The number of guanidine groups is 1. The molecular formula is C27H37ClN8OS2. The molecule has 1 unspecified atom stereocenters. The van der Waals surface area contributed by atoms with Crippen LogP contribution in [-0.4, -0.2) is 65.8 Å². The summed E-state index contributed by atoms with van der Waals surface area (Å²) in [6.07, 6.45) is 4.75. The number of urea groups is 1. The maximum absolute atomic E-state index is 12.0. The van der Waals surface area contributed by atoms with Crippen molar-refractivity contribution < 1.29 is 4.79 Å². The molecule has 210 valence electrons. The lowest BCUT2D eigenvalue weighted by molar-refractivity contribution is 0.241. The van der Waals surface area contributed by atoms with Crippen molar-refractivity contribution in [2.24, 2.45) is 16.5 Å². The van der Waals surface area contributed by atoms with Gasteiger partial charge in [-0.1, -0.05) is 29.8 Å². The van der Waals surface area contributed by atoms with Crippen molar-refractivity contribution >= 4 is 51.8 Å². The first kappa shape index (κ1) is 30.7. The Morgan fingerprint density at radius 2 is 1.92 bits per heavy atom. The van der Waals surface area contributed by atoms with Crippen molar-refractivity contribution in [3.05, 3.63) is 76.0 Å². The first-order valence-corrected chi connectivity index (χ1v) is 15.3. The van der Waals surface area contributed by atoms with Crippen molar-refractivity contribution in [1.82, 2.24) is 25.5 Å². The summed E-state index contributed by atoms with van der Waals surface area (Å²) in [5.74, 6) is 1.77. The zero-order valence-electron chi connectivity index (χ0n) is 22.2. The highest BCUT2D eigenvalue weighted by Gasteiger charge is 2.16. The number of benzene rings is 1. The number of unbranched alkanes of at least 4 members (excludes halogenated alkanes) is 1. The number of thioether (sulfide) groups is 1. The predicted molar refractivity (Wildman–Crippen MR) is 164 cm³/mol. The summed E-state index contributed by atoms with van der Waals surface area (Å²) in [6, 6.07) is 14.0. The molecule has 1 atom stereocenters. The molecule has 0 saturated carbocycles. The number of thiazole rings is 1. The second-order valence-corrected chi connectivity index (χ2v) is 11.4. The monoisotopic (exact) mass is 588 g/mol. The Morgan fingerprint density at radius 1 is 1.13 bits per heavy atom. The van der Waals surface area contributed by atoms with E-state index in [2.05, 4.69) is 55.7 Å². The molecule has 2 heterocycles. The molecule has 3 rings (SSSR count). The van der Waals surface area contributed by atoms with Crippen LogP contribution in [0.15, 0.2) is 59.0 Å². The number of hydrogen-bond acceptors (Lipinski definition) is 7. The Balaban J connectivity index is 1.25. The van der Waals surface area contributed by atoms with Gasteiger partial charge in [-0.05, 0) is 69.2 Å².